The molecule has 0 unspecified atom stereocenters. The highest BCUT2D eigenvalue weighted by Gasteiger charge is 1.83. The molecule has 0 heterocycles. The van der Waals surface area contributed by atoms with Crippen LogP contribution in [0.2, 0.25) is 0 Å². The molecular weight excluding hydrogens is 108 g/mol. The molecule has 0 radical (unpaired) electrons. The third-order valence-electron chi connectivity index (χ3n) is 0.434. The fourth-order valence-electron chi connectivity index (χ4n) is 0.192. The van der Waals surface area contributed by atoms with Gasteiger partial charge in [-0.1, -0.05) is 6.92 Å². The lowest BCUT2D eigenvalue weighted by Crippen LogP contribution is -2.13. The van der Waals surface area contributed by atoms with Crippen molar-refractivity contribution in [3.8, 4) is 0 Å². The molecule has 2 N–H and O–H groups in total. The highest BCUT2D eigenvalue weighted by Crippen LogP contribution is 1.65. The Kier molecular flexibility index (Phi) is 3.56. The summed E-state index contributed by atoms with van der Waals surface area (Å²) in [6, 6.07) is 0. The van der Waals surface area contributed by atoms with Crippen LogP contribution in [0.3, 0.4) is 0 Å². The highest BCUT2D eigenvalue weighted by atomic mass is 16.4. The zero-order valence-corrected chi connectivity index (χ0v) is 4.59. The van der Waals surface area contributed by atoms with Crippen molar-refractivity contribution in [2.75, 3.05) is 0 Å². The van der Waals surface area contributed by atoms with Crippen LogP contribution in [0.1, 0.15) is 13.3 Å². The van der Waals surface area contributed by atoms with Gasteiger partial charge in [-0.15, -0.1) is 0 Å². The van der Waals surface area contributed by atoms with Crippen LogP contribution in [0, 0.1) is 0 Å². The predicted molar refractivity (Wildman–Crippen MR) is 29.9 cm³/mol. The van der Waals surface area contributed by atoms with Gasteiger partial charge in [-0.25, -0.2) is 10.2 Å². The van der Waals surface area contributed by atoms with Crippen molar-refractivity contribution in [2.45, 2.75) is 13.3 Å². The number of nitrogens with zero attached hydrogens (tertiary/aromatic N) is 1. The summed E-state index contributed by atoms with van der Waals surface area (Å²) in [6.07, 6.45) is 1.09. The lowest BCUT2D eigenvalue weighted by Gasteiger charge is -1.85. The second kappa shape index (κ2) is 4.11. The van der Waals surface area contributed by atoms with Crippen LogP contribution >= 0.6 is 0 Å². The van der Waals surface area contributed by atoms with Crippen molar-refractivity contribution >= 4 is 12.3 Å². The summed E-state index contributed by atoms with van der Waals surface area (Å²) in [5, 5.41) is 11.2. The summed E-state index contributed by atoms with van der Waals surface area (Å²) in [7, 11) is 0. The monoisotopic (exact) mass is 116 g/mol. The third kappa shape index (κ3) is 4.94. The Morgan fingerprint density at radius 2 is 2.62 bits per heavy atom. The Bertz CT molecular complexity index is 100. The van der Waals surface area contributed by atoms with Crippen LogP contribution < -0.4 is 5.43 Å². The molecule has 0 aromatic carbocycles. The van der Waals surface area contributed by atoms with Crippen LogP contribution in [0.5, 0.6) is 0 Å². The van der Waals surface area contributed by atoms with Gasteiger partial charge in [0.25, 0.3) is 0 Å². The summed E-state index contributed by atoms with van der Waals surface area (Å²) in [5.41, 5.74) is 1.83. The summed E-state index contributed by atoms with van der Waals surface area (Å²) >= 11 is 0. The van der Waals surface area contributed by atoms with Crippen molar-refractivity contribution in [2.24, 2.45) is 5.10 Å². The van der Waals surface area contributed by atoms with Gasteiger partial charge in [0, 0.05) is 6.21 Å². The molecule has 4 nitrogen and oxygen atoms in total. The van der Waals surface area contributed by atoms with Gasteiger partial charge in [0.1, 0.15) is 0 Å². The molecule has 46 valence electrons. The third-order valence-corrected chi connectivity index (χ3v) is 0.434. The van der Waals surface area contributed by atoms with E-state index >= 15 is 0 Å². The van der Waals surface area contributed by atoms with Gasteiger partial charge >= 0.3 is 6.09 Å². The number of carboxylic acid groups (broad SMARTS) is 1. The number of hydrogen-bond donors (Lipinski definition) is 2. The molecule has 4 heteroatoms. The van der Waals surface area contributed by atoms with Crippen LogP contribution in [0.25, 0.3) is 0 Å². The van der Waals surface area contributed by atoms with Crippen LogP contribution in [-0.2, 0) is 0 Å². The van der Waals surface area contributed by atoms with Crippen molar-refractivity contribution in [1.82, 2.24) is 5.43 Å². The normalized spacial score (nSPS) is 9.62. The first kappa shape index (κ1) is 6.94. The summed E-state index contributed by atoms with van der Waals surface area (Å²) in [6.45, 7) is 1.87. The minimum Gasteiger partial charge on any atom is -0.464 e. The average Bonchev–Trinajstić information content (AvgIpc) is 1.66. The zero-order chi connectivity index (χ0) is 6.41. The zero-order valence-electron chi connectivity index (χ0n) is 4.59. The molecule has 0 aromatic heterocycles. The quantitative estimate of drug-likeness (QED) is 0.411. The maximum absolute atomic E-state index is 9.65. The van der Waals surface area contributed by atoms with E-state index in [2.05, 4.69) is 5.10 Å². The molecule has 0 saturated heterocycles. The fraction of sp³-hybridized carbons (Fsp3) is 0.500. The first-order valence-electron chi connectivity index (χ1n) is 2.27. The Labute approximate surface area is 47.2 Å². The number of rotatable bonds is 2. The van der Waals surface area contributed by atoms with Gasteiger partial charge in [0.2, 0.25) is 0 Å². The molecule has 0 aliphatic rings. The van der Waals surface area contributed by atoms with E-state index in [1.54, 1.807) is 0 Å². The van der Waals surface area contributed by atoms with Crippen molar-refractivity contribution in [3.63, 3.8) is 0 Å². The first-order valence-corrected chi connectivity index (χ1v) is 2.27. The van der Waals surface area contributed by atoms with Gasteiger partial charge < -0.3 is 5.11 Å². The molecule has 0 fully saturated rings. The molecule has 0 spiro atoms. The summed E-state index contributed by atoms with van der Waals surface area (Å²) in [4.78, 5) is 9.65. The van der Waals surface area contributed by atoms with E-state index in [0.29, 0.717) is 0 Å². The van der Waals surface area contributed by atoms with Gasteiger partial charge in [-0.2, -0.15) is 5.10 Å². The molecule has 0 rings (SSSR count). The minimum atomic E-state index is -1.13. The predicted octanol–water partition coefficient (Wildman–Crippen LogP) is 0.650. The smallest absolute Gasteiger partial charge is 0.425 e. The Balaban J connectivity index is 3.16. The highest BCUT2D eigenvalue weighted by molar-refractivity contribution is 5.66. The van der Waals surface area contributed by atoms with E-state index < -0.39 is 6.09 Å². The van der Waals surface area contributed by atoms with Gasteiger partial charge in [-0.05, 0) is 6.42 Å². The molecule has 0 bridgehead atoms. The maximum atomic E-state index is 9.65. The number of amides is 1. The number of nitrogens with one attached hydrogen (secondary N) is 1. The molecule has 8 heavy (non-hydrogen) atoms. The SMILES string of the molecule is CC/C=N/NC(=O)O. The fourth-order valence-corrected chi connectivity index (χ4v) is 0.192. The van der Waals surface area contributed by atoms with E-state index in [0.717, 1.165) is 6.42 Å². The van der Waals surface area contributed by atoms with Gasteiger partial charge in [0.15, 0.2) is 0 Å². The van der Waals surface area contributed by atoms with Gasteiger partial charge in [-0.3, -0.25) is 0 Å². The van der Waals surface area contributed by atoms with E-state index in [-0.39, 0.29) is 0 Å². The van der Waals surface area contributed by atoms with Crippen LogP contribution in [0.4, 0.5) is 4.79 Å². The van der Waals surface area contributed by atoms with Crippen molar-refractivity contribution in [1.29, 1.82) is 0 Å². The molecule has 0 aliphatic heterocycles. The second-order valence-corrected chi connectivity index (χ2v) is 1.14. The van der Waals surface area contributed by atoms with E-state index in [4.69, 9.17) is 5.11 Å². The first-order chi connectivity index (χ1) is 3.77. The summed E-state index contributed by atoms with van der Waals surface area (Å²) < 4.78 is 0. The average molecular weight is 116 g/mol. The summed E-state index contributed by atoms with van der Waals surface area (Å²) in [5.74, 6) is 0. The molecular formula is C4H8N2O2. The van der Waals surface area contributed by atoms with E-state index in [1.165, 1.54) is 6.21 Å². The Hall–Kier alpha value is -1.06. The Morgan fingerprint density at radius 1 is 2.00 bits per heavy atom. The molecule has 1 amide bonds. The van der Waals surface area contributed by atoms with Crippen molar-refractivity contribution in [3.05, 3.63) is 0 Å². The lowest BCUT2D eigenvalue weighted by molar-refractivity contribution is 0.195. The second-order valence-electron chi connectivity index (χ2n) is 1.14. The van der Waals surface area contributed by atoms with Gasteiger partial charge in [0.05, 0.1) is 0 Å². The largest absolute Gasteiger partial charge is 0.464 e. The van der Waals surface area contributed by atoms with Crippen LogP contribution in [0.15, 0.2) is 5.10 Å². The number of hydrazone groups is 1. The number of carbonyl (C=O) groups is 1. The maximum Gasteiger partial charge on any atom is 0.425 e. The molecule has 0 saturated carbocycles. The van der Waals surface area contributed by atoms with Crippen molar-refractivity contribution < 1.29 is 9.90 Å². The minimum absolute atomic E-state index is 0.736. The topological polar surface area (TPSA) is 61.7 Å². The standard InChI is InChI=1S/C4H8N2O2/c1-2-3-5-6-4(7)8/h3,6H,2H2,1H3,(H,7,8)/b5-3+. The molecule has 0 atom stereocenters. The molecule has 0 aromatic rings. The lowest BCUT2D eigenvalue weighted by atomic mass is 10.6. The molecule has 0 aliphatic carbocycles. The number of hydrogen-bond acceptors (Lipinski definition) is 2. The Morgan fingerprint density at radius 3 is 3.00 bits per heavy atom. The van der Waals surface area contributed by atoms with E-state index in [9.17, 15) is 4.79 Å². The van der Waals surface area contributed by atoms with Crippen LogP contribution in [-0.4, -0.2) is 17.4 Å². The van der Waals surface area contributed by atoms with E-state index in [1.807, 2.05) is 12.3 Å².